The number of aliphatic hydroxyl groups excluding tert-OH is 1. The van der Waals surface area contributed by atoms with Crippen LogP contribution in [0.15, 0.2) is 12.2 Å². The van der Waals surface area contributed by atoms with Crippen molar-refractivity contribution in [3.63, 3.8) is 0 Å². The van der Waals surface area contributed by atoms with Crippen LogP contribution in [0.2, 0.25) is 0 Å². The van der Waals surface area contributed by atoms with Crippen LogP contribution < -0.4 is 0 Å². The van der Waals surface area contributed by atoms with E-state index in [2.05, 4.69) is 4.74 Å². The first-order chi connectivity index (χ1) is 4.66. The van der Waals surface area contributed by atoms with E-state index in [1.54, 1.807) is 0 Å². The summed E-state index contributed by atoms with van der Waals surface area (Å²) in [7, 11) is 1.33. The maximum atomic E-state index is 9.90. The zero-order chi connectivity index (χ0) is 7.98. The second-order valence-electron chi connectivity index (χ2n) is 1.65. The molecule has 4 nitrogen and oxygen atoms in total. The van der Waals surface area contributed by atoms with Gasteiger partial charge in [0, 0.05) is 7.11 Å². The molecule has 4 heteroatoms. The minimum Gasteiger partial charge on any atom is -0.481 e. The van der Waals surface area contributed by atoms with Crippen LogP contribution in [0.4, 0.5) is 0 Å². The van der Waals surface area contributed by atoms with Crippen LogP contribution in [0.1, 0.15) is 6.42 Å². The van der Waals surface area contributed by atoms with E-state index in [4.69, 9.17) is 10.2 Å². The van der Waals surface area contributed by atoms with E-state index in [-0.39, 0.29) is 6.42 Å². The van der Waals surface area contributed by atoms with E-state index < -0.39 is 12.3 Å². The van der Waals surface area contributed by atoms with Gasteiger partial charge in [-0.2, -0.15) is 0 Å². The molecule has 0 aromatic heterocycles. The summed E-state index contributed by atoms with van der Waals surface area (Å²) >= 11 is 0. The average molecular weight is 146 g/mol. The molecular formula is C6H10O4. The Labute approximate surface area is 58.7 Å². The van der Waals surface area contributed by atoms with Crippen LogP contribution in [0.5, 0.6) is 0 Å². The van der Waals surface area contributed by atoms with E-state index in [0.29, 0.717) is 0 Å². The minimum atomic E-state index is -1.00. The van der Waals surface area contributed by atoms with Crippen molar-refractivity contribution in [3.05, 3.63) is 12.2 Å². The molecule has 0 radical (unpaired) electrons. The molecule has 0 rings (SSSR count). The summed E-state index contributed by atoms with van der Waals surface area (Å²) < 4.78 is 4.41. The third-order valence-electron chi connectivity index (χ3n) is 0.835. The highest BCUT2D eigenvalue weighted by atomic mass is 16.6. The van der Waals surface area contributed by atoms with E-state index in [1.807, 2.05) is 0 Å². The van der Waals surface area contributed by atoms with Gasteiger partial charge in [0.2, 0.25) is 0 Å². The summed E-state index contributed by atoms with van der Waals surface area (Å²) in [6.07, 6.45) is 1.50. The van der Waals surface area contributed by atoms with Gasteiger partial charge in [0.25, 0.3) is 0 Å². The molecule has 1 atom stereocenters. The third kappa shape index (κ3) is 5.27. The molecule has 0 spiro atoms. The van der Waals surface area contributed by atoms with Gasteiger partial charge in [0.05, 0.1) is 6.42 Å². The molecule has 0 aromatic rings. The second-order valence-corrected chi connectivity index (χ2v) is 1.65. The average Bonchev–Trinajstić information content (AvgIpc) is 1.87. The fourth-order valence-electron chi connectivity index (χ4n) is 0.364. The van der Waals surface area contributed by atoms with Gasteiger partial charge in [-0.25, -0.2) is 0 Å². The Morgan fingerprint density at radius 3 is 2.80 bits per heavy atom. The number of aliphatic carboxylic acids is 1. The SMILES string of the molecule is COC(O)/C=C\CC(=O)O. The summed E-state index contributed by atoms with van der Waals surface area (Å²) in [5, 5.41) is 16.8. The molecule has 0 fully saturated rings. The van der Waals surface area contributed by atoms with Gasteiger partial charge in [-0.05, 0) is 6.08 Å². The predicted octanol–water partition coefficient (Wildman–Crippen LogP) is -0.0179. The van der Waals surface area contributed by atoms with Crippen molar-refractivity contribution >= 4 is 5.97 Å². The van der Waals surface area contributed by atoms with Crippen LogP contribution >= 0.6 is 0 Å². The van der Waals surface area contributed by atoms with Crippen molar-refractivity contribution in [2.45, 2.75) is 12.7 Å². The fourth-order valence-corrected chi connectivity index (χ4v) is 0.364. The monoisotopic (exact) mass is 146 g/mol. The lowest BCUT2D eigenvalue weighted by molar-refractivity contribution is -0.136. The quantitative estimate of drug-likeness (QED) is 0.432. The second kappa shape index (κ2) is 4.96. The summed E-state index contributed by atoms with van der Waals surface area (Å²) in [5.41, 5.74) is 0. The summed E-state index contributed by atoms with van der Waals surface area (Å²) in [4.78, 5) is 9.90. The number of hydrogen-bond donors (Lipinski definition) is 2. The van der Waals surface area contributed by atoms with Gasteiger partial charge < -0.3 is 14.9 Å². The predicted molar refractivity (Wildman–Crippen MR) is 34.4 cm³/mol. The molecule has 1 unspecified atom stereocenters. The first-order valence-corrected chi connectivity index (χ1v) is 2.76. The van der Waals surface area contributed by atoms with Gasteiger partial charge >= 0.3 is 5.97 Å². The summed E-state index contributed by atoms with van der Waals surface area (Å²) in [5.74, 6) is -0.931. The highest BCUT2D eigenvalue weighted by Gasteiger charge is 1.93. The molecule has 0 saturated heterocycles. The molecule has 0 saturated carbocycles. The molecule has 10 heavy (non-hydrogen) atoms. The van der Waals surface area contributed by atoms with E-state index in [1.165, 1.54) is 19.3 Å². The molecule has 0 amide bonds. The fraction of sp³-hybridized carbons (Fsp3) is 0.500. The molecular weight excluding hydrogens is 136 g/mol. The summed E-state index contributed by atoms with van der Waals surface area (Å²) in [6.45, 7) is 0. The van der Waals surface area contributed by atoms with Crippen LogP contribution in [-0.2, 0) is 9.53 Å². The first-order valence-electron chi connectivity index (χ1n) is 2.76. The Balaban J connectivity index is 3.45. The number of aliphatic hydroxyl groups is 1. The minimum absolute atomic E-state index is 0.0968. The molecule has 2 N–H and O–H groups in total. The lowest BCUT2D eigenvalue weighted by Crippen LogP contribution is -2.04. The van der Waals surface area contributed by atoms with Crippen molar-refractivity contribution in [2.24, 2.45) is 0 Å². The number of carboxylic acids is 1. The number of carbonyl (C=O) groups is 1. The Kier molecular flexibility index (Phi) is 4.53. The number of rotatable bonds is 4. The largest absolute Gasteiger partial charge is 0.481 e. The zero-order valence-corrected chi connectivity index (χ0v) is 5.65. The zero-order valence-electron chi connectivity index (χ0n) is 5.65. The highest BCUT2D eigenvalue weighted by Crippen LogP contribution is 1.88. The van der Waals surface area contributed by atoms with Gasteiger partial charge in [0.15, 0.2) is 6.29 Å². The smallest absolute Gasteiger partial charge is 0.307 e. The van der Waals surface area contributed by atoms with Crippen LogP contribution in [0.3, 0.4) is 0 Å². The molecule has 0 heterocycles. The Bertz CT molecular complexity index is 130. The van der Waals surface area contributed by atoms with Crippen molar-refractivity contribution in [1.82, 2.24) is 0 Å². The topological polar surface area (TPSA) is 66.8 Å². The van der Waals surface area contributed by atoms with E-state index in [0.717, 1.165) is 0 Å². The number of ether oxygens (including phenoxy) is 1. The lowest BCUT2D eigenvalue weighted by Gasteiger charge is -1.98. The number of hydrogen-bond acceptors (Lipinski definition) is 3. The molecule has 0 aliphatic rings. The van der Waals surface area contributed by atoms with Crippen molar-refractivity contribution < 1.29 is 19.7 Å². The van der Waals surface area contributed by atoms with Crippen LogP contribution in [-0.4, -0.2) is 29.6 Å². The Morgan fingerprint density at radius 1 is 1.80 bits per heavy atom. The number of carboxylic acid groups (broad SMARTS) is 1. The molecule has 58 valence electrons. The normalized spacial score (nSPS) is 13.8. The Hall–Kier alpha value is -0.870. The van der Waals surface area contributed by atoms with Crippen molar-refractivity contribution in [2.75, 3.05) is 7.11 Å². The highest BCUT2D eigenvalue weighted by molar-refractivity contribution is 5.68. The number of methoxy groups -OCH3 is 1. The maximum absolute atomic E-state index is 9.90. The maximum Gasteiger partial charge on any atom is 0.307 e. The standard InChI is InChI=1S/C6H10O4/c1-10-6(9)4-2-3-5(7)8/h2,4,6,9H,3H2,1H3,(H,7,8)/b4-2-. The van der Waals surface area contributed by atoms with Gasteiger partial charge in [0.1, 0.15) is 0 Å². The molecule has 0 aliphatic heterocycles. The van der Waals surface area contributed by atoms with Crippen molar-refractivity contribution in [1.29, 1.82) is 0 Å². The van der Waals surface area contributed by atoms with Gasteiger partial charge in [-0.1, -0.05) is 6.08 Å². The van der Waals surface area contributed by atoms with E-state index >= 15 is 0 Å². The van der Waals surface area contributed by atoms with Crippen molar-refractivity contribution in [3.8, 4) is 0 Å². The summed E-state index contributed by atoms with van der Waals surface area (Å²) in [6, 6.07) is 0. The molecule has 0 aliphatic carbocycles. The Morgan fingerprint density at radius 2 is 2.40 bits per heavy atom. The van der Waals surface area contributed by atoms with Gasteiger partial charge in [-0.15, -0.1) is 0 Å². The lowest BCUT2D eigenvalue weighted by atomic mass is 10.4. The molecule has 0 bridgehead atoms. The van der Waals surface area contributed by atoms with E-state index in [9.17, 15) is 4.79 Å². The van der Waals surface area contributed by atoms with Crippen LogP contribution in [0, 0.1) is 0 Å². The third-order valence-corrected chi connectivity index (χ3v) is 0.835. The molecule has 0 aromatic carbocycles. The van der Waals surface area contributed by atoms with Crippen LogP contribution in [0.25, 0.3) is 0 Å². The van der Waals surface area contributed by atoms with Gasteiger partial charge in [-0.3, -0.25) is 4.79 Å². The first kappa shape index (κ1) is 9.13.